The molecule has 0 aromatic heterocycles. The molecule has 1 aromatic rings. The van der Waals surface area contributed by atoms with E-state index in [2.05, 4.69) is 36.3 Å². The number of hydroxylamine groups is 2. The van der Waals surface area contributed by atoms with Crippen LogP contribution in [-0.2, 0) is 9.63 Å². The van der Waals surface area contributed by atoms with Crippen molar-refractivity contribution in [3.05, 3.63) is 35.4 Å². The molecule has 2 rings (SSSR count). The molecule has 23 heavy (non-hydrogen) atoms. The molecule has 1 aromatic carbocycles. The first kappa shape index (κ1) is 17.5. The average molecular weight is 317 g/mol. The van der Waals surface area contributed by atoms with Gasteiger partial charge in [0.25, 0.3) is 0 Å². The summed E-state index contributed by atoms with van der Waals surface area (Å²) in [7, 11) is 1.82. The lowest BCUT2D eigenvalue weighted by Crippen LogP contribution is -2.38. The third kappa shape index (κ3) is 4.32. The zero-order valence-electron chi connectivity index (χ0n) is 14.9. The molecule has 1 aliphatic heterocycles. The van der Waals surface area contributed by atoms with E-state index in [4.69, 9.17) is 4.84 Å². The molecule has 0 saturated heterocycles. The molecule has 1 unspecified atom stereocenters. The topological polar surface area (TPSA) is 53.9 Å². The Labute approximate surface area is 138 Å². The second-order valence-corrected chi connectivity index (χ2v) is 6.87. The Morgan fingerprint density at radius 1 is 1.26 bits per heavy atom. The molecule has 1 aliphatic rings. The highest BCUT2D eigenvalue weighted by atomic mass is 16.7. The molecule has 1 atom stereocenters. The van der Waals surface area contributed by atoms with Gasteiger partial charge in [0.1, 0.15) is 0 Å². The maximum Gasteiger partial charge on any atom is 0.225 e. The van der Waals surface area contributed by atoms with E-state index >= 15 is 0 Å². The molecule has 0 saturated carbocycles. The summed E-state index contributed by atoms with van der Waals surface area (Å²) < 4.78 is 0. The Balaban J connectivity index is 2.17. The van der Waals surface area contributed by atoms with Crippen LogP contribution in [0.3, 0.4) is 0 Å². The predicted molar refractivity (Wildman–Crippen MR) is 92.2 cm³/mol. The summed E-state index contributed by atoms with van der Waals surface area (Å²) >= 11 is 0. The summed E-state index contributed by atoms with van der Waals surface area (Å²) in [6.45, 7) is 10.0. The molecule has 0 fully saturated rings. The van der Waals surface area contributed by atoms with Crippen LogP contribution in [0.1, 0.15) is 58.1 Å². The Morgan fingerprint density at radius 2 is 1.87 bits per heavy atom. The SMILES string of the molecule is CC(C)NC(=O)CC1(C)N=C(c2ccc(C(C)C)cc2)N(C)O1. The highest BCUT2D eigenvalue weighted by Crippen LogP contribution is 2.28. The molecule has 0 spiro atoms. The molecule has 5 nitrogen and oxygen atoms in total. The number of carbonyl (C=O) groups is 1. The van der Waals surface area contributed by atoms with Crippen molar-refractivity contribution in [2.45, 2.75) is 58.7 Å². The monoisotopic (exact) mass is 317 g/mol. The summed E-state index contributed by atoms with van der Waals surface area (Å²) in [6.07, 6.45) is 0.198. The minimum Gasteiger partial charge on any atom is -0.354 e. The fraction of sp³-hybridized carbons (Fsp3) is 0.556. The van der Waals surface area contributed by atoms with Crippen LogP contribution >= 0.6 is 0 Å². The normalized spacial score (nSPS) is 21.0. The van der Waals surface area contributed by atoms with E-state index < -0.39 is 5.72 Å². The molecule has 126 valence electrons. The first-order valence-corrected chi connectivity index (χ1v) is 8.12. The zero-order valence-corrected chi connectivity index (χ0v) is 14.9. The van der Waals surface area contributed by atoms with Crippen LogP contribution in [-0.4, -0.2) is 35.6 Å². The van der Waals surface area contributed by atoms with E-state index in [9.17, 15) is 4.79 Å². The van der Waals surface area contributed by atoms with Crippen molar-refractivity contribution in [1.82, 2.24) is 10.4 Å². The van der Waals surface area contributed by atoms with Crippen LogP contribution in [0, 0.1) is 0 Å². The van der Waals surface area contributed by atoms with E-state index in [0.717, 1.165) is 11.4 Å². The largest absolute Gasteiger partial charge is 0.354 e. The second-order valence-electron chi connectivity index (χ2n) is 6.87. The predicted octanol–water partition coefficient (Wildman–Crippen LogP) is 3.06. The minimum absolute atomic E-state index is 0.0592. The van der Waals surface area contributed by atoms with Crippen LogP contribution < -0.4 is 5.32 Å². The van der Waals surface area contributed by atoms with E-state index in [-0.39, 0.29) is 18.4 Å². The van der Waals surface area contributed by atoms with Crippen LogP contribution in [0.25, 0.3) is 0 Å². The summed E-state index contributed by atoms with van der Waals surface area (Å²) in [5, 5.41) is 4.52. The van der Waals surface area contributed by atoms with Gasteiger partial charge in [0.2, 0.25) is 5.91 Å². The van der Waals surface area contributed by atoms with Gasteiger partial charge in [0.05, 0.1) is 6.42 Å². The van der Waals surface area contributed by atoms with Crippen molar-refractivity contribution in [3.8, 4) is 0 Å². The number of hydrogen-bond acceptors (Lipinski definition) is 4. The number of benzene rings is 1. The Bertz CT molecular complexity index is 593. The maximum atomic E-state index is 12.0. The fourth-order valence-electron chi connectivity index (χ4n) is 2.66. The molecule has 0 bridgehead atoms. The number of carbonyl (C=O) groups excluding carboxylic acids is 1. The first-order valence-electron chi connectivity index (χ1n) is 8.12. The van der Waals surface area contributed by atoms with Gasteiger partial charge in [-0.05, 0) is 32.3 Å². The van der Waals surface area contributed by atoms with Crippen LogP contribution in [0.2, 0.25) is 0 Å². The third-order valence-electron chi connectivity index (χ3n) is 3.75. The Morgan fingerprint density at radius 3 is 2.39 bits per heavy atom. The van der Waals surface area contributed by atoms with Crippen molar-refractivity contribution in [3.63, 3.8) is 0 Å². The number of amidine groups is 1. The highest BCUT2D eigenvalue weighted by Gasteiger charge is 2.37. The van der Waals surface area contributed by atoms with E-state index in [1.165, 1.54) is 5.56 Å². The van der Waals surface area contributed by atoms with Gasteiger partial charge >= 0.3 is 0 Å². The first-order chi connectivity index (χ1) is 10.7. The summed E-state index contributed by atoms with van der Waals surface area (Å²) in [4.78, 5) is 22.5. The van der Waals surface area contributed by atoms with Gasteiger partial charge in [-0.3, -0.25) is 4.79 Å². The lowest BCUT2D eigenvalue weighted by molar-refractivity contribution is -0.166. The number of nitrogens with one attached hydrogen (secondary N) is 1. The number of nitrogens with zero attached hydrogens (tertiary/aromatic N) is 2. The molecule has 0 aliphatic carbocycles. The summed E-state index contributed by atoms with van der Waals surface area (Å²) in [5.41, 5.74) is 1.42. The van der Waals surface area contributed by atoms with Gasteiger partial charge in [-0.1, -0.05) is 38.1 Å². The number of hydrogen-bond donors (Lipinski definition) is 1. The van der Waals surface area contributed by atoms with E-state index in [0.29, 0.717) is 5.92 Å². The van der Waals surface area contributed by atoms with Crippen molar-refractivity contribution in [1.29, 1.82) is 0 Å². The molecule has 1 heterocycles. The Kier molecular flexibility index (Phi) is 5.09. The van der Waals surface area contributed by atoms with Crippen molar-refractivity contribution < 1.29 is 9.63 Å². The third-order valence-corrected chi connectivity index (χ3v) is 3.75. The molecular weight excluding hydrogens is 290 g/mol. The van der Waals surface area contributed by atoms with Crippen molar-refractivity contribution in [2.24, 2.45) is 4.99 Å². The smallest absolute Gasteiger partial charge is 0.225 e. The molecule has 5 heteroatoms. The lowest BCUT2D eigenvalue weighted by Gasteiger charge is -2.22. The highest BCUT2D eigenvalue weighted by molar-refractivity contribution is 5.99. The van der Waals surface area contributed by atoms with Gasteiger partial charge in [-0.25, -0.2) is 14.9 Å². The maximum absolute atomic E-state index is 12.0. The number of aliphatic imine (C=N–C) groups is 1. The quantitative estimate of drug-likeness (QED) is 0.908. The zero-order chi connectivity index (χ0) is 17.2. The van der Waals surface area contributed by atoms with Gasteiger partial charge in [0.15, 0.2) is 11.6 Å². The number of rotatable bonds is 5. The van der Waals surface area contributed by atoms with Crippen molar-refractivity contribution in [2.75, 3.05) is 7.05 Å². The molecular formula is C18H27N3O2. The van der Waals surface area contributed by atoms with Gasteiger partial charge in [-0.15, -0.1) is 0 Å². The van der Waals surface area contributed by atoms with Gasteiger partial charge in [-0.2, -0.15) is 0 Å². The van der Waals surface area contributed by atoms with Crippen LogP contribution in [0.5, 0.6) is 0 Å². The van der Waals surface area contributed by atoms with E-state index in [1.807, 2.05) is 40.0 Å². The Hall–Kier alpha value is -1.88. The minimum atomic E-state index is -0.861. The second kappa shape index (κ2) is 6.71. The van der Waals surface area contributed by atoms with Gasteiger partial charge in [0, 0.05) is 18.7 Å². The summed E-state index contributed by atoms with van der Waals surface area (Å²) in [5.74, 6) is 1.18. The van der Waals surface area contributed by atoms with Crippen molar-refractivity contribution >= 4 is 11.7 Å². The molecule has 1 amide bonds. The molecule has 1 N–H and O–H groups in total. The molecule has 0 radical (unpaired) electrons. The van der Waals surface area contributed by atoms with Gasteiger partial charge < -0.3 is 5.32 Å². The average Bonchev–Trinajstić information content (AvgIpc) is 2.72. The summed E-state index contributed by atoms with van der Waals surface area (Å²) in [6, 6.07) is 8.42. The van der Waals surface area contributed by atoms with Crippen LogP contribution in [0.15, 0.2) is 29.3 Å². The lowest BCUT2D eigenvalue weighted by atomic mass is 10.0. The van der Waals surface area contributed by atoms with Crippen LogP contribution in [0.4, 0.5) is 0 Å². The van der Waals surface area contributed by atoms with E-state index in [1.54, 1.807) is 5.06 Å². The fourth-order valence-corrected chi connectivity index (χ4v) is 2.66. The standard InChI is InChI=1S/C18H27N3O2/c1-12(2)14-7-9-15(10-8-14)17-20-18(5,23-21(17)6)11-16(22)19-13(3)4/h7-10,12-13H,11H2,1-6H3,(H,19,22). The number of amides is 1.